The number of benzene rings is 3. The van der Waals surface area contributed by atoms with Crippen LogP contribution in [0.4, 0.5) is 10.5 Å². The molecule has 0 radical (unpaired) electrons. The van der Waals surface area contributed by atoms with E-state index in [1.807, 2.05) is 100 Å². The van der Waals surface area contributed by atoms with Crippen molar-refractivity contribution in [2.45, 2.75) is 71.0 Å². The van der Waals surface area contributed by atoms with Crippen molar-refractivity contribution in [3.8, 4) is 5.75 Å². The molecule has 4 amide bonds. The standard InChI is InChI=1S/C33H40N4O4/c1-22-12-10-16-27(18-22)34-32(40)35-29-20-26(24-13-8-7-9-14-24)21-30(25-15-11-17-28(19-25)41-6)36(31(29)39)37(23(2)38)33(3,4)5/h7-19,26,29-30H,20-21H2,1-6H3,(H2,34,35,40). The predicted molar refractivity (Wildman–Crippen MR) is 160 cm³/mol. The Bertz CT molecular complexity index is 1390. The highest BCUT2D eigenvalue weighted by Crippen LogP contribution is 2.42. The highest BCUT2D eigenvalue weighted by atomic mass is 16.5. The van der Waals surface area contributed by atoms with Crippen LogP contribution in [0.25, 0.3) is 0 Å². The fourth-order valence-corrected chi connectivity index (χ4v) is 5.64. The molecular formula is C33H40N4O4. The van der Waals surface area contributed by atoms with E-state index in [0.717, 1.165) is 16.7 Å². The van der Waals surface area contributed by atoms with E-state index in [4.69, 9.17) is 4.74 Å². The summed E-state index contributed by atoms with van der Waals surface area (Å²) in [5.41, 5.74) is 2.84. The molecule has 0 aliphatic carbocycles. The van der Waals surface area contributed by atoms with E-state index in [9.17, 15) is 14.4 Å². The van der Waals surface area contributed by atoms with Gasteiger partial charge < -0.3 is 15.4 Å². The highest BCUT2D eigenvalue weighted by Gasteiger charge is 2.45. The molecule has 1 aliphatic heterocycles. The number of carbonyl (C=O) groups is 3. The van der Waals surface area contributed by atoms with E-state index >= 15 is 0 Å². The summed E-state index contributed by atoms with van der Waals surface area (Å²) in [6.07, 6.45) is 0.914. The van der Waals surface area contributed by atoms with Gasteiger partial charge in [0, 0.05) is 12.6 Å². The number of nitrogens with zero attached hydrogens (tertiary/aromatic N) is 2. The Labute approximate surface area is 242 Å². The smallest absolute Gasteiger partial charge is 0.319 e. The van der Waals surface area contributed by atoms with Crippen LogP contribution in [0.3, 0.4) is 0 Å². The van der Waals surface area contributed by atoms with Crippen LogP contribution in [-0.4, -0.2) is 46.6 Å². The van der Waals surface area contributed by atoms with Crippen LogP contribution in [0.1, 0.15) is 69.2 Å². The summed E-state index contributed by atoms with van der Waals surface area (Å²) in [4.78, 5) is 41.0. The molecule has 3 aromatic rings. The summed E-state index contributed by atoms with van der Waals surface area (Å²) in [5, 5.41) is 8.90. The molecule has 0 saturated carbocycles. The molecule has 8 heteroatoms. The normalized spacial score (nSPS) is 19.2. The SMILES string of the molecule is COc1cccc(C2CC(c3ccccc3)CC(NC(=O)Nc3cccc(C)c3)C(=O)N2N(C(C)=O)C(C)(C)C)c1. The molecular weight excluding hydrogens is 516 g/mol. The van der Waals surface area contributed by atoms with E-state index in [2.05, 4.69) is 10.6 Å². The molecule has 4 rings (SSSR count). The van der Waals surface area contributed by atoms with Gasteiger partial charge in [-0.05, 0) is 87.4 Å². The van der Waals surface area contributed by atoms with Crippen LogP contribution in [0.5, 0.6) is 5.75 Å². The number of nitrogens with one attached hydrogen (secondary N) is 2. The van der Waals surface area contributed by atoms with Gasteiger partial charge in [0.2, 0.25) is 5.91 Å². The Morgan fingerprint density at radius 2 is 1.61 bits per heavy atom. The molecule has 3 unspecified atom stereocenters. The monoisotopic (exact) mass is 556 g/mol. The number of urea groups is 1. The van der Waals surface area contributed by atoms with E-state index in [1.165, 1.54) is 11.9 Å². The van der Waals surface area contributed by atoms with Crippen molar-refractivity contribution in [3.05, 3.63) is 95.6 Å². The van der Waals surface area contributed by atoms with Gasteiger partial charge in [0.25, 0.3) is 5.91 Å². The van der Waals surface area contributed by atoms with Gasteiger partial charge in [-0.25, -0.2) is 14.8 Å². The molecule has 0 aromatic heterocycles. The van der Waals surface area contributed by atoms with Crippen molar-refractivity contribution >= 4 is 23.5 Å². The van der Waals surface area contributed by atoms with Gasteiger partial charge >= 0.3 is 6.03 Å². The number of amides is 4. The van der Waals surface area contributed by atoms with Gasteiger partial charge in [0.15, 0.2) is 0 Å². The van der Waals surface area contributed by atoms with Crippen LogP contribution < -0.4 is 15.4 Å². The van der Waals surface area contributed by atoms with Gasteiger partial charge in [-0.15, -0.1) is 0 Å². The van der Waals surface area contributed by atoms with Gasteiger partial charge in [-0.1, -0.05) is 54.6 Å². The molecule has 1 heterocycles. The summed E-state index contributed by atoms with van der Waals surface area (Å²) in [5.74, 6) is -0.0345. The average molecular weight is 557 g/mol. The van der Waals surface area contributed by atoms with Gasteiger partial charge in [-0.2, -0.15) is 0 Å². The average Bonchev–Trinajstić information content (AvgIpc) is 3.05. The van der Waals surface area contributed by atoms with E-state index in [1.54, 1.807) is 18.2 Å². The van der Waals surface area contributed by atoms with Crippen molar-refractivity contribution in [1.29, 1.82) is 0 Å². The molecule has 0 bridgehead atoms. The molecule has 1 saturated heterocycles. The highest BCUT2D eigenvalue weighted by molar-refractivity contribution is 5.94. The first kappa shape index (κ1) is 29.6. The second-order valence-corrected chi connectivity index (χ2v) is 11.6. The first-order valence-corrected chi connectivity index (χ1v) is 13.9. The first-order valence-electron chi connectivity index (χ1n) is 13.9. The summed E-state index contributed by atoms with van der Waals surface area (Å²) in [7, 11) is 1.60. The third kappa shape index (κ3) is 7.06. The van der Waals surface area contributed by atoms with E-state index in [-0.39, 0.29) is 17.7 Å². The van der Waals surface area contributed by atoms with E-state index < -0.39 is 23.7 Å². The van der Waals surface area contributed by atoms with Crippen molar-refractivity contribution in [3.63, 3.8) is 0 Å². The second-order valence-electron chi connectivity index (χ2n) is 11.6. The van der Waals surface area contributed by atoms with Crippen molar-refractivity contribution in [1.82, 2.24) is 15.3 Å². The summed E-state index contributed by atoms with van der Waals surface area (Å²) < 4.78 is 5.52. The number of hydrogen-bond donors (Lipinski definition) is 2. The molecule has 3 aromatic carbocycles. The van der Waals surface area contributed by atoms with Crippen molar-refractivity contribution in [2.24, 2.45) is 0 Å². The number of ether oxygens (including phenoxy) is 1. The maximum absolute atomic E-state index is 14.6. The van der Waals surface area contributed by atoms with Crippen LogP contribution in [0.15, 0.2) is 78.9 Å². The molecule has 0 spiro atoms. The maximum Gasteiger partial charge on any atom is 0.319 e. The Kier molecular flexibility index (Phi) is 9.01. The Morgan fingerprint density at radius 1 is 0.927 bits per heavy atom. The van der Waals surface area contributed by atoms with E-state index in [0.29, 0.717) is 24.3 Å². The molecule has 41 heavy (non-hydrogen) atoms. The number of carbonyl (C=O) groups excluding carboxylic acids is 3. The summed E-state index contributed by atoms with van der Waals surface area (Å²) >= 11 is 0. The Balaban J connectivity index is 1.81. The molecule has 3 atom stereocenters. The number of hydrogen-bond acceptors (Lipinski definition) is 4. The third-order valence-electron chi connectivity index (χ3n) is 7.33. The van der Waals surface area contributed by atoms with Crippen LogP contribution in [-0.2, 0) is 9.59 Å². The molecule has 216 valence electrons. The predicted octanol–water partition coefficient (Wildman–Crippen LogP) is 6.20. The topological polar surface area (TPSA) is 91.0 Å². The minimum atomic E-state index is -0.884. The second kappa shape index (κ2) is 12.5. The molecule has 1 aliphatic rings. The van der Waals surface area contributed by atoms with Crippen molar-refractivity contribution < 1.29 is 19.1 Å². The Hall–Kier alpha value is -4.33. The van der Waals surface area contributed by atoms with Crippen LogP contribution in [0.2, 0.25) is 0 Å². The minimum absolute atomic E-state index is 0.0839. The van der Waals surface area contributed by atoms with Crippen LogP contribution in [0, 0.1) is 6.92 Å². The third-order valence-corrected chi connectivity index (χ3v) is 7.33. The lowest BCUT2D eigenvalue weighted by atomic mass is 9.86. The van der Waals surface area contributed by atoms with Gasteiger partial charge in [0.1, 0.15) is 11.8 Å². The number of aryl methyl sites for hydroxylation is 1. The zero-order valence-electron chi connectivity index (χ0n) is 24.7. The number of rotatable bonds is 6. The van der Waals surface area contributed by atoms with Gasteiger partial charge in [0.05, 0.1) is 18.7 Å². The van der Waals surface area contributed by atoms with Crippen LogP contribution >= 0.6 is 0 Å². The summed E-state index contributed by atoms with van der Waals surface area (Å²) in [6, 6.07) is 23.2. The van der Waals surface area contributed by atoms with Gasteiger partial charge in [-0.3, -0.25) is 9.59 Å². The fraction of sp³-hybridized carbons (Fsp3) is 0.364. The number of hydrazine groups is 1. The largest absolute Gasteiger partial charge is 0.497 e. The molecule has 1 fully saturated rings. The lowest BCUT2D eigenvalue weighted by molar-refractivity contribution is -0.181. The Morgan fingerprint density at radius 3 is 2.24 bits per heavy atom. The lowest BCUT2D eigenvalue weighted by Crippen LogP contribution is -2.61. The lowest BCUT2D eigenvalue weighted by Gasteiger charge is -2.47. The van der Waals surface area contributed by atoms with Crippen molar-refractivity contribution in [2.75, 3.05) is 12.4 Å². The zero-order valence-corrected chi connectivity index (χ0v) is 24.7. The molecule has 8 nitrogen and oxygen atoms in total. The minimum Gasteiger partial charge on any atom is -0.497 e. The fourth-order valence-electron chi connectivity index (χ4n) is 5.64. The number of anilines is 1. The zero-order chi connectivity index (χ0) is 29.7. The maximum atomic E-state index is 14.6. The number of methoxy groups -OCH3 is 1. The molecule has 2 N–H and O–H groups in total. The quantitative estimate of drug-likeness (QED) is 0.378. The summed E-state index contributed by atoms with van der Waals surface area (Å²) in [6.45, 7) is 9.11. The first-order chi connectivity index (χ1) is 19.5.